The van der Waals surface area contributed by atoms with Gasteiger partial charge in [-0.2, -0.15) is 0 Å². The van der Waals surface area contributed by atoms with E-state index in [0.717, 1.165) is 29.4 Å². The van der Waals surface area contributed by atoms with E-state index < -0.39 is 0 Å². The SMILES string of the molecule is CCC(C)(CC)Nc1nccc2ccc(O)cc12. The van der Waals surface area contributed by atoms with Gasteiger partial charge in [-0.25, -0.2) is 4.98 Å². The summed E-state index contributed by atoms with van der Waals surface area (Å²) >= 11 is 0. The van der Waals surface area contributed by atoms with Gasteiger partial charge in [0.1, 0.15) is 11.6 Å². The highest BCUT2D eigenvalue weighted by molar-refractivity contribution is 5.92. The number of hydrogen-bond donors (Lipinski definition) is 2. The maximum Gasteiger partial charge on any atom is 0.134 e. The van der Waals surface area contributed by atoms with E-state index in [-0.39, 0.29) is 11.3 Å². The first-order valence-corrected chi connectivity index (χ1v) is 6.44. The molecule has 0 unspecified atom stereocenters. The number of hydrogen-bond acceptors (Lipinski definition) is 3. The van der Waals surface area contributed by atoms with Crippen LogP contribution in [0.15, 0.2) is 30.5 Å². The maximum absolute atomic E-state index is 9.61. The third-order valence-corrected chi connectivity index (χ3v) is 3.73. The molecule has 0 aliphatic heterocycles. The molecule has 18 heavy (non-hydrogen) atoms. The number of aromatic hydroxyl groups is 1. The molecule has 1 heterocycles. The Morgan fingerprint density at radius 3 is 2.61 bits per heavy atom. The standard InChI is InChI=1S/C15H20N2O/c1-4-15(3,5-2)17-14-13-10-12(18)7-6-11(13)8-9-16-14/h6-10,18H,4-5H2,1-3H3,(H,16,17). The molecule has 2 rings (SSSR count). The second kappa shape index (κ2) is 4.84. The van der Waals surface area contributed by atoms with Gasteiger partial charge in [-0.15, -0.1) is 0 Å². The number of fused-ring (bicyclic) bond motifs is 1. The Morgan fingerprint density at radius 1 is 1.22 bits per heavy atom. The Bertz CT molecular complexity index is 547. The van der Waals surface area contributed by atoms with Crippen LogP contribution in [-0.2, 0) is 0 Å². The summed E-state index contributed by atoms with van der Waals surface area (Å²) in [7, 11) is 0. The first-order valence-electron chi connectivity index (χ1n) is 6.44. The molecule has 3 nitrogen and oxygen atoms in total. The smallest absolute Gasteiger partial charge is 0.134 e. The van der Waals surface area contributed by atoms with E-state index in [1.807, 2.05) is 12.1 Å². The highest BCUT2D eigenvalue weighted by Gasteiger charge is 2.20. The van der Waals surface area contributed by atoms with E-state index in [1.165, 1.54) is 0 Å². The molecular formula is C15H20N2O. The topological polar surface area (TPSA) is 45.2 Å². The summed E-state index contributed by atoms with van der Waals surface area (Å²) in [6, 6.07) is 7.32. The molecule has 96 valence electrons. The van der Waals surface area contributed by atoms with Crippen LogP contribution in [0.3, 0.4) is 0 Å². The molecule has 0 spiro atoms. The first kappa shape index (κ1) is 12.7. The second-order valence-corrected chi connectivity index (χ2v) is 4.96. The zero-order chi connectivity index (χ0) is 13.2. The fourth-order valence-electron chi connectivity index (χ4n) is 1.97. The summed E-state index contributed by atoms with van der Waals surface area (Å²) < 4.78 is 0. The molecule has 0 aliphatic rings. The molecule has 0 saturated carbocycles. The van der Waals surface area contributed by atoms with Gasteiger partial charge < -0.3 is 10.4 Å². The lowest BCUT2D eigenvalue weighted by Crippen LogP contribution is -2.33. The van der Waals surface area contributed by atoms with Gasteiger partial charge in [0.05, 0.1) is 0 Å². The number of anilines is 1. The Balaban J connectivity index is 2.47. The van der Waals surface area contributed by atoms with Crippen LogP contribution in [0, 0.1) is 0 Å². The van der Waals surface area contributed by atoms with Gasteiger partial charge in [-0.1, -0.05) is 19.9 Å². The molecule has 2 aromatic rings. The average Bonchev–Trinajstić information content (AvgIpc) is 2.39. The van der Waals surface area contributed by atoms with Gasteiger partial charge in [-0.05, 0) is 43.4 Å². The first-order chi connectivity index (χ1) is 8.58. The van der Waals surface area contributed by atoms with E-state index in [4.69, 9.17) is 0 Å². The Kier molecular flexibility index (Phi) is 3.41. The molecule has 0 amide bonds. The predicted octanol–water partition coefficient (Wildman–Crippen LogP) is 3.93. The third kappa shape index (κ3) is 2.40. The van der Waals surface area contributed by atoms with E-state index in [1.54, 1.807) is 18.3 Å². The number of nitrogens with one attached hydrogen (secondary N) is 1. The molecule has 0 radical (unpaired) electrons. The lowest BCUT2D eigenvalue weighted by molar-refractivity contribution is 0.474. The van der Waals surface area contributed by atoms with E-state index in [2.05, 4.69) is 31.1 Å². The lowest BCUT2D eigenvalue weighted by Gasteiger charge is -2.29. The molecule has 0 aliphatic carbocycles. The minimum atomic E-state index is 0.0345. The molecule has 3 heteroatoms. The monoisotopic (exact) mass is 244 g/mol. The predicted molar refractivity (Wildman–Crippen MR) is 76.0 cm³/mol. The van der Waals surface area contributed by atoms with Crippen molar-refractivity contribution in [3.63, 3.8) is 0 Å². The van der Waals surface area contributed by atoms with Crippen LogP contribution in [0.5, 0.6) is 5.75 Å². The molecular weight excluding hydrogens is 224 g/mol. The van der Waals surface area contributed by atoms with Crippen molar-refractivity contribution in [3.05, 3.63) is 30.5 Å². The van der Waals surface area contributed by atoms with Crippen LogP contribution in [-0.4, -0.2) is 15.6 Å². The summed E-state index contributed by atoms with van der Waals surface area (Å²) in [4.78, 5) is 4.41. The third-order valence-electron chi connectivity index (χ3n) is 3.73. The minimum absolute atomic E-state index is 0.0345. The van der Waals surface area contributed by atoms with Crippen molar-refractivity contribution in [2.24, 2.45) is 0 Å². The van der Waals surface area contributed by atoms with Gasteiger partial charge in [0.25, 0.3) is 0 Å². The van der Waals surface area contributed by atoms with Crippen molar-refractivity contribution in [1.82, 2.24) is 4.98 Å². The fourth-order valence-corrected chi connectivity index (χ4v) is 1.97. The zero-order valence-electron chi connectivity index (χ0n) is 11.2. The molecule has 0 bridgehead atoms. The number of pyridine rings is 1. The van der Waals surface area contributed by atoms with Gasteiger partial charge in [0.15, 0.2) is 0 Å². The number of phenols is 1. The summed E-state index contributed by atoms with van der Waals surface area (Å²) in [6.07, 6.45) is 3.86. The molecule has 0 saturated heterocycles. The van der Waals surface area contributed by atoms with Gasteiger partial charge in [0, 0.05) is 17.1 Å². The van der Waals surface area contributed by atoms with Crippen molar-refractivity contribution in [2.45, 2.75) is 39.2 Å². The van der Waals surface area contributed by atoms with E-state index >= 15 is 0 Å². The van der Waals surface area contributed by atoms with Crippen LogP contribution >= 0.6 is 0 Å². The van der Waals surface area contributed by atoms with E-state index in [9.17, 15) is 5.11 Å². The summed E-state index contributed by atoms with van der Waals surface area (Å²) in [5.41, 5.74) is 0.0345. The summed E-state index contributed by atoms with van der Waals surface area (Å²) in [6.45, 7) is 6.52. The number of aromatic nitrogens is 1. The second-order valence-electron chi connectivity index (χ2n) is 4.96. The number of nitrogens with zero attached hydrogens (tertiary/aromatic N) is 1. The Morgan fingerprint density at radius 2 is 1.94 bits per heavy atom. The number of phenolic OH excluding ortho intramolecular Hbond substituents is 1. The Labute approximate surface area is 108 Å². The van der Waals surface area contributed by atoms with Crippen LogP contribution in [0.25, 0.3) is 10.8 Å². The van der Waals surface area contributed by atoms with Gasteiger partial charge >= 0.3 is 0 Å². The largest absolute Gasteiger partial charge is 0.508 e. The van der Waals surface area contributed by atoms with Crippen molar-refractivity contribution in [3.8, 4) is 5.75 Å². The highest BCUT2D eigenvalue weighted by atomic mass is 16.3. The van der Waals surface area contributed by atoms with Crippen molar-refractivity contribution >= 4 is 16.6 Å². The van der Waals surface area contributed by atoms with Gasteiger partial charge in [-0.3, -0.25) is 0 Å². The van der Waals surface area contributed by atoms with Gasteiger partial charge in [0.2, 0.25) is 0 Å². The molecule has 0 fully saturated rings. The van der Waals surface area contributed by atoms with Crippen LogP contribution in [0.1, 0.15) is 33.6 Å². The summed E-state index contributed by atoms with van der Waals surface area (Å²) in [5, 5.41) is 15.2. The molecule has 0 atom stereocenters. The maximum atomic E-state index is 9.61. The normalized spacial score (nSPS) is 11.7. The van der Waals surface area contributed by atoms with Crippen molar-refractivity contribution < 1.29 is 5.11 Å². The van der Waals surface area contributed by atoms with Crippen molar-refractivity contribution in [2.75, 3.05) is 5.32 Å². The average molecular weight is 244 g/mol. The van der Waals surface area contributed by atoms with Crippen LogP contribution in [0.4, 0.5) is 5.82 Å². The quantitative estimate of drug-likeness (QED) is 0.856. The number of benzene rings is 1. The zero-order valence-corrected chi connectivity index (χ0v) is 11.2. The van der Waals surface area contributed by atoms with Crippen LogP contribution < -0.4 is 5.32 Å². The van der Waals surface area contributed by atoms with E-state index in [0.29, 0.717) is 0 Å². The molecule has 1 aromatic carbocycles. The lowest BCUT2D eigenvalue weighted by atomic mass is 9.95. The Hall–Kier alpha value is -1.77. The molecule has 1 aromatic heterocycles. The fraction of sp³-hybridized carbons (Fsp3) is 0.400. The highest BCUT2D eigenvalue weighted by Crippen LogP contribution is 2.28. The number of rotatable bonds is 4. The summed E-state index contributed by atoms with van der Waals surface area (Å²) in [5.74, 6) is 1.11. The minimum Gasteiger partial charge on any atom is -0.508 e. The van der Waals surface area contributed by atoms with Crippen LogP contribution in [0.2, 0.25) is 0 Å². The molecule has 2 N–H and O–H groups in total. The van der Waals surface area contributed by atoms with Crippen molar-refractivity contribution in [1.29, 1.82) is 0 Å².